The number of anilines is 1. The third-order valence-electron chi connectivity index (χ3n) is 3.49. The first-order chi connectivity index (χ1) is 11.8. The number of rotatable bonds is 6. The Balaban J connectivity index is 1.93. The molecule has 0 spiro atoms. The second kappa shape index (κ2) is 8.83. The molecule has 0 bridgehead atoms. The Morgan fingerprint density at radius 3 is 2.24 bits per heavy atom. The zero-order valence-corrected chi connectivity index (χ0v) is 15.1. The molecule has 0 saturated carbocycles. The quantitative estimate of drug-likeness (QED) is 0.824. The predicted molar refractivity (Wildman–Crippen MR) is 97.6 cm³/mol. The summed E-state index contributed by atoms with van der Waals surface area (Å²) in [7, 11) is 0. The molecule has 0 aliphatic heterocycles. The van der Waals surface area contributed by atoms with Crippen molar-refractivity contribution < 1.29 is 14.0 Å². The van der Waals surface area contributed by atoms with Crippen LogP contribution in [0.5, 0.6) is 0 Å². The maximum atomic E-state index is 12.8. The Labute approximate surface area is 155 Å². The van der Waals surface area contributed by atoms with Gasteiger partial charge in [0, 0.05) is 29.2 Å². The van der Waals surface area contributed by atoms with Gasteiger partial charge in [0.15, 0.2) is 0 Å². The summed E-state index contributed by atoms with van der Waals surface area (Å²) in [4.78, 5) is 25.3. The highest BCUT2D eigenvalue weighted by atomic mass is 35.5. The SMILES string of the molecule is CC(=O)N(CC(=O)NCCc1ccc(F)cc1)c1cc(Cl)cc(Cl)c1. The van der Waals surface area contributed by atoms with Crippen LogP contribution in [0.25, 0.3) is 0 Å². The second-order valence-corrected chi connectivity index (χ2v) is 6.33. The summed E-state index contributed by atoms with van der Waals surface area (Å²) in [6.45, 7) is 1.60. The summed E-state index contributed by atoms with van der Waals surface area (Å²) in [6, 6.07) is 10.8. The molecule has 0 aliphatic rings. The average Bonchev–Trinajstić information content (AvgIpc) is 2.53. The van der Waals surface area contributed by atoms with Gasteiger partial charge in [0.05, 0.1) is 0 Å². The summed E-state index contributed by atoms with van der Waals surface area (Å²) < 4.78 is 12.8. The predicted octanol–water partition coefficient (Wildman–Crippen LogP) is 3.84. The lowest BCUT2D eigenvalue weighted by Gasteiger charge is -2.21. The molecule has 4 nitrogen and oxygen atoms in total. The highest BCUT2D eigenvalue weighted by molar-refractivity contribution is 6.35. The molecule has 0 heterocycles. The Morgan fingerprint density at radius 2 is 1.68 bits per heavy atom. The summed E-state index contributed by atoms with van der Waals surface area (Å²) in [5.74, 6) is -0.912. The Kier molecular flexibility index (Phi) is 6.79. The van der Waals surface area contributed by atoms with Gasteiger partial charge in [-0.05, 0) is 42.3 Å². The van der Waals surface area contributed by atoms with Gasteiger partial charge in [-0.1, -0.05) is 35.3 Å². The topological polar surface area (TPSA) is 49.4 Å². The standard InChI is InChI=1S/C18H17Cl2FN2O2/c1-12(24)23(17-9-14(19)8-15(20)10-17)11-18(25)22-7-6-13-2-4-16(21)5-3-13/h2-5,8-10H,6-7,11H2,1H3,(H,22,25). The maximum absolute atomic E-state index is 12.8. The smallest absolute Gasteiger partial charge is 0.240 e. The van der Waals surface area contributed by atoms with Crippen molar-refractivity contribution in [1.29, 1.82) is 0 Å². The van der Waals surface area contributed by atoms with Crippen molar-refractivity contribution in [2.75, 3.05) is 18.0 Å². The summed E-state index contributed by atoms with van der Waals surface area (Å²) in [6.07, 6.45) is 0.565. The second-order valence-electron chi connectivity index (χ2n) is 5.46. The number of halogens is 3. The zero-order valence-electron chi connectivity index (χ0n) is 13.6. The van der Waals surface area contributed by atoms with Gasteiger partial charge >= 0.3 is 0 Å². The van der Waals surface area contributed by atoms with E-state index in [1.165, 1.54) is 24.0 Å². The van der Waals surface area contributed by atoms with E-state index in [9.17, 15) is 14.0 Å². The van der Waals surface area contributed by atoms with Gasteiger partial charge in [-0.3, -0.25) is 9.59 Å². The molecular formula is C18H17Cl2FN2O2. The maximum Gasteiger partial charge on any atom is 0.240 e. The first-order valence-corrected chi connectivity index (χ1v) is 8.36. The van der Waals surface area contributed by atoms with Crippen molar-refractivity contribution in [3.8, 4) is 0 Å². The van der Waals surface area contributed by atoms with E-state index in [0.29, 0.717) is 28.7 Å². The van der Waals surface area contributed by atoms with Crippen LogP contribution in [0.3, 0.4) is 0 Å². The van der Waals surface area contributed by atoms with Gasteiger partial charge < -0.3 is 10.2 Å². The van der Waals surface area contributed by atoms with Crippen molar-refractivity contribution in [2.45, 2.75) is 13.3 Å². The Bertz CT molecular complexity index is 746. The minimum Gasteiger partial charge on any atom is -0.354 e. The molecule has 1 N–H and O–H groups in total. The molecule has 7 heteroatoms. The molecule has 0 saturated heterocycles. The molecule has 0 radical (unpaired) electrons. The fourth-order valence-electron chi connectivity index (χ4n) is 2.28. The molecule has 0 unspecified atom stereocenters. The van der Waals surface area contributed by atoms with Crippen LogP contribution >= 0.6 is 23.2 Å². The molecule has 2 rings (SSSR count). The van der Waals surface area contributed by atoms with Gasteiger partial charge in [0.25, 0.3) is 0 Å². The monoisotopic (exact) mass is 382 g/mol. The molecule has 2 aromatic carbocycles. The molecule has 0 atom stereocenters. The van der Waals surface area contributed by atoms with E-state index >= 15 is 0 Å². The molecule has 2 aromatic rings. The van der Waals surface area contributed by atoms with E-state index in [-0.39, 0.29) is 24.2 Å². The summed E-state index contributed by atoms with van der Waals surface area (Å²) in [5, 5.41) is 3.50. The van der Waals surface area contributed by atoms with E-state index < -0.39 is 0 Å². The van der Waals surface area contributed by atoms with Crippen LogP contribution in [-0.4, -0.2) is 24.9 Å². The summed E-state index contributed by atoms with van der Waals surface area (Å²) >= 11 is 11.9. The third-order valence-corrected chi connectivity index (χ3v) is 3.93. The molecular weight excluding hydrogens is 366 g/mol. The zero-order chi connectivity index (χ0) is 18.4. The minimum atomic E-state index is -0.312. The number of nitrogens with one attached hydrogen (secondary N) is 1. The van der Waals surface area contributed by atoms with Crippen LogP contribution in [0.2, 0.25) is 10.0 Å². The fraction of sp³-hybridized carbons (Fsp3) is 0.222. The fourth-order valence-corrected chi connectivity index (χ4v) is 2.79. The van der Waals surface area contributed by atoms with Crippen molar-refractivity contribution >= 4 is 40.7 Å². The van der Waals surface area contributed by atoms with Crippen molar-refractivity contribution in [2.24, 2.45) is 0 Å². The van der Waals surface area contributed by atoms with Gasteiger partial charge in [-0.25, -0.2) is 4.39 Å². The van der Waals surface area contributed by atoms with E-state index in [4.69, 9.17) is 23.2 Å². The number of benzene rings is 2. The Morgan fingerprint density at radius 1 is 1.08 bits per heavy atom. The highest BCUT2D eigenvalue weighted by Gasteiger charge is 2.16. The lowest BCUT2D eigenvalue weighted by molar-refractivity contribution is -0.123. The minimum absolute atomic E-state index is 0.143. The van der Waals surface area contributed by atoms with Crippen LogP contribution in [0, 0.1) is 5.82 Å². The largest absolute Gasteiger partial charge is 0.354 e. The van der Waals surface area contributed by atoms with E-state index in [1.54, 1.807) is 30.3 Å². The molecule has 0 fully saturated rings. The lowest BCUT2D eigenvalue weighted by atomic mass is 10.1. The molecule has 0 aliphatic carbocycles. The van der Waals surface area contributed by atoms with Crippen LogP contribution in [0.1, 0.15) is 12.5 Å². The molecule has 0 aromatic heterocycles. The number of carbonyl (C=O) groups is 2. The molecule has 25 heavy (non-hydrogen) atoms. The van der Waals surface area contributed by atoms with Crippen LogP contribution in [0.4, 0.5) is 10.1 Å². The van der Waals surface area contributed by atoms with E-state index in [0.717, 1.165) is 5.56 Å². The first-order valence-electron chi connectivity index (χ1n) is 7.60. The van der Waals surface area contributed by atoms with Gasteiger partial charge in [0.2, 0.25) is 11.8 Å². The van der Waals surface area contributed by atoms with Gasteiger partial charge in [0.1, 0.15) is 12.4 Å². The van der Waals surface area contributed by atoms with E-state index in [1.807, 2.05) is 0 Å². The third kappa shape index (κ3) is 6.03. The average molecular weight is 383 g/mol. The number of amides is 2. The van der Waals surface area contributed by atoms with Crippen molar-refractivity contribution in [3.05, 3.63) is 63.9 Å². The van der Waals surface area contributed by atoms with Crippen LogP contribution in [-0.2, 0) is 16.0 Å². The normalized spacial score (nSPS) is 10.4. The van der Waals surface area contributed by atoms with Crippen molar-refractivity contribution in [3.63, 3.8) is 0 Å². The number of carbonyl (C=O) groups excluding carboxylic acids is 2. The molecule has 132 valence electrons. The number of hydrogen-bond acceptors (Lipinski definition) is 2. The van der Waals surface area contributed by atoms with Crippen LogP contribution < -0.4 is 10.2 Å². The first kappa shape index (κ1) is 19.2. The number of nitrogens with zero attached hydrogens (tertiary/aromatic N) is 1. The summed E-state index contributed by atoms with van der Waals surface area (Å²) in [5.41, 5.74) is 1.37. The van der Waals surface area contributed by atoms with Crippen LogP contribution in [0.15, 0.2) is 42.5 Å². The lowest BCUT2D eigenvalue weighted by Crippen LogP contribution is -2.40. The Hall–Kier alpha value is -2.11. The van der Waals surface area contributed by atoms with Crippen molar-refractivity contribution in [1.82, 2.24) is 5.32 Å². The molecule has 2 amide bonds. The number of hydrogen-bond donors (Lipinski definition) is 1. The highest BCUT2D eigenvalue weighted by Crippen LogP contribution is 2.25. The van der Waals surface area contributed by atoms with Gasteiger partial charge in [-0.2, -0.15) is 0 Å². The van der Waals surface area contributed by atoms with Gasteiger partial charge in [-0.15, -0.1) is 0 Å². The van der Waals surface area contributed by atoms with E-state index in [2.05, 4.69) is 5.32 Å².